The predicted octanol–water partition coefficient (Wildman–Crippen LogP) is 4.24. The van der Waals surface area contributed by atoms with E-state index in [4.69, 9.17) is 4.74 Å². The van der Waals surface area contributed by atoms with E-state index in [2.05, 4.69) is 11.7 Å². The van der Waals surface area contributed by atoms with Crippen molar-refractivity contribution < 1.29 is 9.53 Å². The lowest BCUT2D eigenvalue weighted by Crippen LogP contribution is -2.06. The number of carbonyl (C=O) groups excluding carboxylic acids is 1. The minimum Gasteiger partial charge on any atom is -0.457 e. The molecule has 0 N–H and O–H groups in total. The summed E-state index contributed by atoms with van der Waals surface area (Å²) >= 11 is 1.54. The normalized spacial score (nSPS) is 11.0. The Morgan fingerprint density at radius 3 is 2.77 bits per heavy atom. The highest BCUT2D eigenvalue weighted by atomic mass is 32.1. The van der Waals surface area contributed by atoms with Gasteiger partial charge in [0.2, 0.25) is 0 Å². The molecule has 0 atom stereocenters. The van der Waals surface area contributed by atoms with Gasteiger partial charge in [0.15, 0.2) is 0 Å². The van der Waals surface area contributed by atoms with Crippen molar-refractivity contribution in [1.82, 2.24) is 9.78 Å². The van der Waals surface area contributed by atoms with Crippen LogP contribution in [0.3, 0.4) is 0 Å². The second-order valence-electron chi connectivity index (χ2n) is 5.25. The summed E-state index contributed by atoms with van der Waals surface area (Å²) < 4.78 is 6.69. The molecule has 6 heteroatoms. The van der Waals surface area contributed by atoms with Crippen molar-refractivity contribution in [2.24, 2.45) is 0 Å². The Morgan fingerprint density at radius 1 is 1.31 bits per heavy atom. The van der Waals surface area contributed by atoms with Gasteiger partial charge in [0.1, 0.15) is 23.9 Å². The second-order valence-corrected chi connectivity index (χ2v) is 6.20. The molecular formula is C20H15N3O2S. The summed E-state index contributed by atoms with van der Waals surface area (Å²) in [6, 6.07) is 15.4. The van der Waals surface area contributed by atoms with Crippen LogP contribution >= 0.6 is 11.3 Å². The number of carbonyl (C=O) groups is 1. The van der Waals surface area contributed by atoms with Crippen molar-refractivity contribution in [2.75, 3.05) is 6.61 Å². The van der Waals surface area contributed by atoms with Crippen molar-refractivity contribution in [2.45, 2.75) is 0 Å². The smallest absolute Gasteiger partial charge is 0.349 e. The van der Waals surface area contributed by atoms with Crippen molar-refractivity contribution in [3.05, 3.63) is 77.8 Å². The summed E-state index contributed by atoms with van der Waals surface area (Å²) in [7, 11) is 0. The van der Waals surface area contributed by atoms with Crippen LogP contribution in [0.25, 0.3) is 22.3 Å². The maximum Gasteiger partial charge on any atom is 0.349 e. The zero-order chi connectivity index (χ0) is 18.4. The molecule has 0 radical (unpaired) electrons. The topological polar surface area (TPSA) is 67.9 Å². The Balaban J connectivity index is 2.06. The number of benzene rings is 1. The number of nitriles is 1. The van der Waals surface area contributed by atoms with Gasteiger partial charge in [-0.25, -0.2) is 9.48 Å². The van der Waals surface area contributed by atoms with Gasteiger partial charge in [-0.05, 0) is 29.7 Å². The number of esters is 1. The number of para-hydroxylation sites is 1. The molecule has 128 valence electrons. The Kier molecular flexibility index (Phi) is 5.42. The fraction of sp³-hybridized carbons (Fsp3) is 0.0500. The highest BCUT2D eigenvalue weighted by Gasteiger charge is 2.16. The Hall–Kier alpha value is -3.43. The van der Waals surface area contributed by atoms with Crippen LogP contribution in [0.1, 0.15) is 5.56 Å². The summed E-state index contributed by atoms with van der Waals surface area (Å²) in [5.41, 5.74) is 2.17. The van der Waals surface area contributed by atoms with E-state index in [9.17, 15) is 10.1 Å². The van der Waals surface area contributed by atoms with Crippen molar-refractivity contribution in [3.8, 4) is 22.3 Å². The lowest BCUT2D eigenvalue weighted by atomic mass is 10.1. The summed E-state index contributed by atoms with van der Waals surface area (Å²) in [6.07, 6.45) is 4.76. The fourth-order valence-corrected chi connectivity index (χ4v) is 3.05. The number of hydrogen-bond acceptors (Lipinski definition) is 5. The Morgan fingerprint density at radius 2 is 2.12 bits per heavy atom. The minimum atomic E-state index is -0.683. The van der Waals surface area contributed by atoms with Gasteiger partial charge in [-0.3, -0.25) is 0 Å². The third-order valence-electron chi connectivity index (χ3n) is 3.49. The van der Waals surface area contributed by atoms with Gasteiger partial charge >= 0.3 is 5.97 Å². The lowest BCUT2D eigenvalue weighted by Gasteiger charge is -2.00. The molecule has 5 nitrogen and oxygen atoms in total. The zero-order valence-electron chi connectivity index (χ0n) is 13.8. The summed E-state index contributed by atoms with van der Waals surface area (Å²) in [5.74, 6) is -0.683. The predicted molar refractivity (Wildman–Crippen MR) is 102 cm³/mol. The van der Waals surface area contributed by atoms with Crippen LogP contribution in [0.4, 0.5) is 0 Å². The van der Waals surface area contributed by atoms with E-state index >= 15 is 0 Å². The van der Waals surface area contributed by atoms with E-state index < -0.39 is 5.97 Å². The first kappa shape index (κ1) is 17.4. The molecule has 0 aliphatic rings. The molecule has 2 aromatic heterocycles. The molecule has 0 bridgehead atoms. The molecule has 2 heterocycles. The molecule has 0 fully saturated rings. The van der Waals surface area contributed by atoms with Crippen LogP contribution in [-0.2, 0) is 9.53 Å². The number of nitrogens with zero attached hydrogens (tertiary/aromatic N) is 3. The Bertz CT molecular complexity index is 980. The number of aromatic nitrogens is 2. The zero-order valence-corrected chi connectivity index (χ0v) is 14.6. The number of hydrogen-bond donors (Lipinski definition) is 0. The largest absolute Gasteiger partial charge is 0.457 e. The van der Waals surface area contributed by atoms with E-state index in [1.807, 2.05) is 53.9 Å². The first-order valence-corrected chi connectivity index (χ1v) is 8.69. The second kappa shape index (κ2) is 8.10. The molecule has 26 heavy (non-hydrogen) atoms. The van der Waals surface area contributed by atoms with Gasteiger partial charge in [-0.15, -0.1) is 11.3 Å². The highest BCUT2D eigenvalue weighted by Crippen LogP contribution is 2.29. The van der Waals surface area contributed by atoms with E-state index in [1.54, 1.807) is 10.9 Å². The van der Waals surface area contributed by atoms with E-state index in [0.717, 1.165) is 10.6 Å². The molecule has 0 aliphatic carbocycles. The van der Waals surface area contributed by atoms with Gasteiger partial charge in [0.05, 0.1) is 10.6 Å². The number of rotatable bonds is 6. The van der Waals surface area contributed by atoms with Gasteiger partial charge in [0.25, 0.3) is 0 Å². The monoisotopic (exact) mass is 361 g/mol. The molecule has 3 rings (SSSR count). The van der Waals surface area contributed by atoms with E-state index in [-0.39, 0.29) is 12.2 Å². The standard InChI is InChI=1S/C20H15N3O2S/c1-2-10-25-20(24)15(13-21)12-16-14-23(17-7-4-3-5-8-17)22-19(16)18-9-6-11-26-18/h2-9,11-12,14H,1,10H2/b15-12+. The van der Waals surface area contributed by atoms with Crippen LogP contribution < -0.4 is 0 Å². The van der Waals surface area contributed by atoms with Crippen LogP contribution in [0, 0.1) is 11.3 Å². The molecule has 1 aromatic carbocycles. The lowest BCUT2D eigenvalue weighted by molar-refractivity contribution is -0.137. The maximum absolute atomic E-state index is 12.0. The van der Waals surface area contributed by atoms with Crippen LogP contribution in [0.5, 0.6) is 0 Å². The summed E-state index contributed by atoms with van der Waals surface area (Å²) in [6.45, 7) is 3.55. The van der Waals surface area contributed by atoms with Crippen molar-refractivity contribution in [1.29, 1.82) is 5.26 Å². The first-order chi connectivity index (χ1) is 12.7. The molecule has 0 amide bonds. The fourth-order valence-electron chi connectivity index (χ4n) is 2.32. The van der Waals surface area contributed by atoms with Gasteiger partial charge in [0, 0.05) is 11.8 Å². The van der Waals surface area contributed by atoms with E-state index in [0.29, 0.717) is 11.3 Å². The van der Waals surface area contributed by atoms with Gasteiger partial charge < -0.3 is 4.74 Å². The Labute approximate surface area is 155 Å². The highest BCUT2D eigenvalue weighted by molar-refractivity contribution is 7.13. The molecule has 0 saturated carbocycles. The molecule has 0 spiro atoms. The molecule has 0 aliphatic heterocycles. The van der Waals surface area contributed by atoms with Gasteiger partial charge in [-0.2, -0.15) is 10.4 Å². The van der Waals surface area contributed by atoms with E-state index in [1.165, 1.54) is 23.5 Å². The molecule has 3 aromatic rings. The molecule has 0 saturated heterocycles. The van der Waals surface area contributed by atoms with Crippen LogP contribution in [0.15, 0.2) is 72.3 Å². The molecule has 0 unspecified atom stereocenters. The SMILES string of the molecule is C=CCOC(=O)/C(C#N)=C/c1cn(-c2ccccc2)nc1-c1cccs1. The quantitative estimate of drug-likeness (QED) is 0.285. The third-order valence-corrected chi connectivity index (χ3v) is 4.37. The van der Waals surface area contributed by atoms with Crippen molar-refractivity contribution in [3.63, 3.8) is 0 Å². The average molecular weight is 361 g/mol. The number of ether oxygens (including phenoxy) is 1. The number of thiophene rings is 1. The third kappa shape index (κ3) is 3.79. The van der Waals surface area contributed by atoms with Crippen LogP contribution in [-0.4, -0.2) is 22.4 Å². The molecular weight excluding hydrogens is 346 g/mol. The minimum absolute atomic E-state index is 0.0545. The first-order valence-electron chi connectivity index (χ1n) is 7.81. The van der Waals surface area contributed by atoms with Crippen LogP contribution in [0.2, 0.25) is 0 Å². The van der Waals surface area contributed by atoms with Gasteiger partial charge in [-0.1, -0.05) is 36.9 Å². The van der Waals surface area contributed by atoms with Crippen molar-refractivity contribution >= 4 is 23.4 Å². The summed E-state index contributed by atoms with van der Waals surface area (Å²) in [5, 5.41) is 15.9. The average Bonchev–Trinajstić information content (AvgIpc) is 3.34. The summed E-state index contributed by atoms with van der Waals surface area (Å²) in [4.78, 5) is 13.0. The maximum atomic E-state index is 12.0.